The third-order valence-electron chi connectivity index (χ3n) is 9.92. The van der Waals surface area contributed by atoms with E-state index < -0.39 is 11.5 Å². The van der Waals surface area contributed by atoms with E-state index in [1.807, 2.05) is 62.4 Å². The van der Waals surface area contributed by atoms with Crippen molar-refractivity contribution in [2.75, 3.05) is 40.8 Å². The average Bonchev–Trinajstić information content (AvgIpc) is 3.55. The molecule has 2 aliphatic rings. The number of carbonyl (C=O) groups is 5. The fourth-order valence-corrected chi connectivity index (χ4v) is 6.14. The molecule has 0 aromatic rings. The van der Waals surface area contributed by atoms with Gasteiger partial charge in [0.15, 0.2) is 0 Å². The van der Waals surface area contributed by atoms with E-state index in [4.69, 9.17) is 9.53 Å². The molecular formula is C54H108N4O7. The summed E-state index contributed by atoms with van der Waals surface area (Å²) in [6.45, 7) is 40.9. The van der Waals surface area contributed by atoms with E-state index in [0.29, 0.717) is 24.1 Å². The van der Waals surface area contributed by atoms with Gasteiger partial charge in [-0.05, 0) is 129 Å². The number of carbonyl (C=O) groups excluding carboxylic acids is 5. The Bertz CT molecular complexity index is 1140. The number of hydrogen-bond donors (Lipinski definition) is 3. The summed E-state index contributed by atoms with van der Waals surface area (Å²) in [5, 5.41) is 8.79. The van der Waals surface area contributed by atoms with Crippen molar-refractivity contribution in [3.8, 4) is 0 Å². The zero-order valence-corrected chi connectivity index (χ0v) is 46.1. The molecule has 11 heteroatoms. The molecule has 0 aromatic heterocycles. The number of likely N-dealkylation sites (tertiary alicyclic amines) is 1. The fraction of sp³-hybridized carbons (Fsp3) is 0.759. The van der Waals surface area contributed by atoms with Crippen LogP contribution in [-0.4, -0.2) is 94.8 Å². The van der Waals surface area contributed by atoms with Gasteiger partial charge in [-0.1, -0.05) is 139 Å². The quantitative estimate of drug-likeness (QED) is 0.0402. The molecule has 1 heterocycles. The van der Waals surface area contributed by atoms with Crippen molar-refractivity contribution in [1.29, 1.82) is 0 Å². The predicted octanol–water partition coefficient (Wildman–Crippen LogP) is 12.3. The molecular weight excluding hydrogens is 817 g/mol. The second-order valence-electron chi connectivity index (χ2n) is 16.2. The maximum absolute atomic E-state index is 11.0. The minimum atomic E-state index is -0.643. The first kappa shape index (κ1) is 75.7. The third-order valence-corrected chi connectivity index (χ3v) is 9.92. The molecule has 386 valence electrons. The number of nitrogens with zero attached hydrogens (tertiary/aromatic N) is 1. The van der Waals surface area contributed by atoms with Crippen LogP contribution in [0.3, 0.4) is 0 Å². The highest BCUT2D eigenvalue weighted by Crippen LogP contribution is 2.30. The predicted molar refractivity (Wildman–Crippen MR) is 282 cm³/mol. The van der Waals surface area contributed by atoms with Crippen LogP contribution in [0.1, 0.15) is 188 Å². The highest BCUT2D eigenvalue weighted by atomic mass is 16.5. The van der Waals surface area contributed by atoms with Gasteiger partial charge in [-0.2, -0.15) is 0 Å². The summed E-state index contributed by atoms with van der Waals surface area (Å²) in [6, 6.07) is 0.556. The highest BCUT2D eigenvalue weighted by Gasteiger charge is 2.35. The fourth-order valence-electron chi connectivity index (χ4n) is 6.14. The molecule has 65 heavy (non-hydrogen) atoms. The van der Waals surface area contributed by atoms with E-state index >= 15 is 0 Å². The molecule has 2 rings (SSSR count). The largest absolute Gasteiger partial charge is 0.486 e. The minimum absolute atomic E-state index is 0.174. The van der Waals surface area contributed by atoms with Crippen molar-refractivity contribution in [3.63, 3.8) is 0 Å². The van der Waals surface area contributed by atoms with Crippen LogP contribution in [0.2, 0.25) is 0 Å². The van der Waals surface area contributed by atoms with Gasteiger partial charge in [-0.3, -0.25) is 19.2 Å². The molecule has 0 bridgehead atoms. The van der Waals surface area contributed by atoms with Crippen molar-refractivity contribution in [2.45, 2.75) is 206 Å². The Balaban J connectivity index is -0.000000134. The molecule has 1 saturated heterocycles. The SMILES string of the molecule is C=CC.CC.CC.CC(C)C.CC=C(CNC(=O)C=O)OC(C)(C)/C(=C/CC)C/C=C\CC.CCC(C)[C@H]1CCN(C=O)C1C=O.CCNC.CNC(C)C1CCCCCC1.COC=O. The van der Waals surface area contributed by atoms with Gasteiger partial charge < -0.3 is 35.1 Å². The third kappa shape index (κ3) is 49.7. The molecule has 2 amide bonds. The lowest BCUT2D eigenvalue weighted by Crippen LogP contribution is -2.35. The number of aldehydes is 2. The van der Waals surface area contributed by atoms with Crippen LogP contribution in [0.25, 0.3) is 0 Å². The zero-order chi connectivity index (χ0) is 52.1. The van der Waals surface area contributed by atoms with Gasteiger partial charge in [-0.15, -0.1) is 6.58 Å². The van der Waals surface area contributed by atoms with Crippen molar-refractivity contribution in [1.82, 2.24) is 20.9 Å². The van der Waals surface area contributed by atoms with E-state index in [1.54, 1.807) is 17.1 Å². The number of amides is 2. The second-order valence-corrected chi connectivity index (χ2v) is 16.2. The molecule has 1 saturated carbocycles. The first-order valence-electron chi connectivity index (χ1n) is 24.9. The summed E-state index contributed by atoms with van der Waals surface area (Å²) in [4.78, 5) is 53.3. The summed E-state index contributed by atoms with van der Waals surface area (Å²) in [7, 11) is 5.32. The van der Waals surface area contributed by atoms with Gasteiger partial charge in [0.1, 0.15) is 17.6 Å². The molecule has 4 atom stereocenters. The molecule has 2 fully saturated rings. The van der Waals surface area contributed by atoms with Crippen LogP contribution < -0.4 is 16.0 Å². The number of rotatable bonds is 18. The molecule has 11 nitrogen and oxygen atoms in total. The van der Waals surface area contributed by atoms with Crippen LogP contribution in [0, 0.1) is 23.7 Å². The van der Waals surface area contributed by atoms with Gasteiger partial charge in [0.05, 0.1) is 19.7 Å². The number of ether oxygens (including phenoxy) is 2. The molecule has 3 unspecified atom stereocenters. The topological polar surface area (TPSA) is 143 Å². The molecule has 1 aliphatic heterocycles. The Morgan fingerprint density at radius 2 is 1.34 bits per heavy atom. The number of hydrogen-bond acceptors (Lipinski definition) is 9. The van der Waals surface area contributed by atoms with Crippen LogP contribution in [0.4, 0.5) is 0 Å². The van der Waals surface area contributed by atoms with Gasteiger partial charge >= 0.3 is 0 Å². The van der Waals surface area contributed by atoms with Crippen molar-refractivity contribution >= 4 is 31.4 Å². The van der Waals surface area contributed by atoms with Gasteiger partial charge in [0, 0.05) is 12.6 Å². The Morgan fingerprint density at radius 1 is 0.846 bits per heavy atom. The zero-order valence-electron chi connectivity index (χ0n) is 46.1. The summed E-state index contributed by atoms with van der Waals surface area (Å²) >= 11 is 0. The molecule has 0 spiro atoms. The average molecular weight is 925 g/mol. The Morgan fingerprint density at radius 3 is 1.68 bits per heavy atom. The van der Waals surface area contributed by atoms with Crippen LogP contribution >= 0.6 is 0 Å². The number of methoxy groups -OCH3 is 1. The number of nitrogens with one attached hydrogen (secondary N) is 3. The van der Waals surface area contributed by atoms with Crippen LogP contribution in [0.15, 0.2) is 48.3 Å². The van der Waals surface area contributed by atoms with E-state index in [0.717, 1.165) is 75.8 Å². The molecule has 0 aromatic carbocycles. The monoisotopic (exact) mass is 925 g/mol. The summed E-state index contributed by atoms with van der Waals surface area (Å²) < 4.78 is 9.92. The molecule has 1 aliphatic carbocycles. The summed E-state index contributed by atoms with van der Waals surface area (Å²) in [5.74, 6) is 2.67. The summed E-state index contributed by atoms with van der Waals surface area (Å²) in [6.07, 6.45) is 25.6. The Kier molecular flexibility index (Phi) is 68.1. The van der Waals surface area contributed by atoms with E-state index in [9.17, 15) is 19.2 Å². The van der Waals surface area contributed by atoms with Gasteiger partial charge in [-0.25, -0.2) is 0 Å². The standard InChI is InChI=1S/C18H29NO3.C10H17NO2.C10H21N.C4H10.C3H9N.C3H6.C2H4O2.2C2H6/c1-6-9-10-12-15(11-7-2)18(4,5)22-16(8-3)13-19-17(21)14-20;1-3-8(2)9-4-5-11(7-13)10(9)6-12;1-9(11-2)10-7-5-3-4-6-8-10;1-4(2)3;1-3-4-2;1-3-2;1-4-2-3;2*1-2/h8-11,14H,6-7,12-13H2,1-5H3,(H,19,21);6-10H,3-5H2,1-2H3;9-11H,3-8H2,1-2H3;4H,1-3H3;4H,3H2,1-2H3;3H,1H2,2H3;2H,1H3;2*1-2H3/b10-9-,15-11+,16-8?;;;;;;;;/t;8?,9-,10?;;;;;;;/m.1......./s1. The first-order valence-corrected chi connectivity index (χ1v) is 24.9. The maximum atomic E-state index is 11.0. The first-order chi connectivity index (χ1) is 31.0. The second kappa shape index (κ2) is 58.4. The highest BCUT2D eigenvalue weighted by molar-refractivity contribution is 6.23. The van der Waals surface area contributed by atoms with Crippen LogP contribution in [0.5, 0.6) is 0 Å². The van der Waals surface area contributed by atoms with E-state index in [1.165, 1.54) is 51.2 Å². The Hall–Kier alpha value is -3.57. The van der Waals surface area contributed by atoms with Gasteiger partial charge in [0.25, 0.3) is 12.4 Å². The smallest absolute Gasteiger partial charge is 0.292 e. The normalized spacial score (nSPS) is 16.4. The van der Waals surface area contributed by atoms with Crippen LogP contribution in [-0.2, 0) is 33.4 Å². The van der Waals surface area contributed by atoms with E-state index in [-0.39, 0.29) is 18.9 Å². The maximum Gasteiger partial charge on any atom is 0.292 e. The van der Waals surface area contributed by atoms with E-state index in [2.05, 4.69) is 115 Å². The Labute approximate surface area is 403 Å². The minimum Gasteiger partial charge on any atom is -0.486 e. The lowest BCUT2D eigenvalue weighted by Gasteiger charge is -2.31. The lowest BCUT2D eigenvalue weighted by atomic mass is 9.86. The number of allylic oxidation sites excluding steroid dienone is 5. The summed E-state index contributed by atoms with van der Waals surface area (Å²) in [5.41, 5.74) is 0.725. The van der Waals surface area contributed by atoms with Crippen molar-refractivity contribution < 1.29 is 33.4 Å². The van der Waals surface area contributed by atoms with Crippen molar-refractivity contribution in [2.24, 2.45) is 23.7 Å². The lowest BCUT2D eigenvalue weighted by molar-refractivity contribution is -0.131. The molecule has 3 N–H and O–H groups in total. The van der Waals surface area contributed by atoms with Gasteiger partial charge in [0.2, 0.25) is 12.7 Å². The molecule has 0 radical (unpaired) electrons. The van der Waals surface area contributed by atoms with Crippen molar-refractivity contribution in [3.05, 3.63) is 48.3 Å².